The quantitative estimate of drug-likeness (QED) is 0.811. The normalized spacial score (nSPS) is 26.9. The molecule has 3 rings (SSSR count). The van der Waals surface area contributed by atoms with Gasteiger partial charge in [0.1, 0.15) is 0 Å². The van der Waals surface area contributed by atoms with Crippen LogP contribution >= 0.6 is 0 Å². The SMILES string of the molecule is CN1CCC(c2cccc(C3CNC3)c2)C1. The van der Waals surface area contributed by atoms with E-state index < -0.39 is 0 Å². The van der Waals surface area contributed by atoms with E-state index in [0.717, 1.165) is 24.9 Å². The van der Waals surface area contributed by atoms with E-state index >= 15 is 0 Å². The zero-order valence-corrected chi connectivity index (χ0v) is 9.95. The molecule has 1 aromatic carbocycles. The maximum Gasteiger partial charge on any atom is 0.00886 e. The molecule has 2 heteroatoms. The molecule has 0 aromatic heterocycles. The average molecular weight is 216 g/mol. The highest BCUT2D eigenvalue weighted by molar-refractivity contribution is 5.31. The Morgan fingerprint density at radius 3 is 2.50 bits per heavy atom. The first-order valence-electron chi connectivity index (χ1n) is 6.32. The molecule has 16 heavy (non-hydrogen) atoms. The van der Waals surface area contributed by atoms with Crippen molar-refractivity contribution < 1.29 is 0 Å². The van der Waals surface area contributed by atoms with Crippen molar-refractivity contribution in [2.75, 3.05) is 33.2 Å². The number of likely N-dealkylation sites (N-methyl/N-ethyl adjacent to an activating group) is 1. The Balaban J connectivity index is 1.79. The van der Waals surface area contributed by atoms with Crippen LogP contribution in [0.5, 0.6) is 0 Å². The van der Waals surface area contributed by atoms with Gasteiger partial charge in [0.2, 0.25) is 0 Å². The number of nitrogens with one attached hydrogen (secondary N) is 1. The smallest absolute Gasteiger partial charge is 0.00886 e. The molecule has 2 fully saturated rings. The van der Waals surface area contributed by atoms with Crippen molar-refractivity contribution in [2.45, 2.75) is 18.3 Å². The van der Waals surface area contributed by atoms with Crippen molar-refractivity contribution in [3.63, 3.8) is 0 Å². The lowest BCUT2D eigenvalue weighted by molar-refractivity contribution is 0.411. The predicted octanol–water partition coefficient (Wildman–Crippen LogP) is 1.79. The van der Waals surface area contributed by atoms with Gasteiger partial charge in [0.15, 0.2) is 0 Å². The van der Waals surface area contributed by atoms with E-state index in [1.54, 1.807) is 5.56 Å². The molecule has 1 atom stereocenters. The number of likely N-dealkylation sites (tertiary alicyclic amines) is 1. The summed E-state index contributed by atoms with van der Waals surface area (Å²) in [5.41, 5.74) is 3.08. The third kappa shape index (κ3) is 1.87. The first kappa shape index (κ1) is 10.3. The summed E-state index contributed by atoms with van der Waals surface area (Å²) in [6, 6.07) is 9.27. The number of hydrogen-bond donors (Lipinski definition) is 1. The molecular weight excluding hydrogens is 196 g/mol. The van der Waals surface area contributed by atoms with Crippen LogP contribution in [0.2, 0.25) is 0 Å². The fraction of sp³-hybridized carbons (Fsp3) is 0.571. The summed E-state index contributed by atoms with van der Waals surface area (Å²) in [5, 5.41) is 3.35. The van der Waals surface area contributed by atoms with Gasteiger partial charge in [-0.1, -0.05) is 24.3 Å². The largest absolute Gasteiger partial charge is 0.315 e. The van der Waals surface area contributed by atoms with Gasteiger partial charge in [0, 0.05) is 25.6 Å². The Hall–Kier alpha value is -0.860. The molecule has 1 aromatic rings. The minimum atomic E-state index is 0.762. The molecule has 0 saturated carbocycles. The van der Waals surface area contributed by atoms with Gasteiger partial charge in [-0.15, -0.1) is 0 Å². The van der Waals surface area contributed by atoms with Crippen LogP contribution in [0.15, 0.2) is 24.3 Å². The van der Waals surface area contributed by atoms with Crippen molar-refractivity contribution in [1.29, 1.82) is 0 Å². The third-order valence-corrected chi connectivity index (χ3v) is 4.03. The Bertz CT molecular complexity index is 371. The van der Waals surface area contributed by atoms with Crippen molar-refractivity contribution in [2.24, 2.45) is 0 Å². The Morgan fingerprint density at radius 2 is 1.94 bits per heavy atom. The van der Waals surface area contributed by atoms with Crippen molar-refractivity contribution in [1.82, 2.24) is 10.2 Å². The molecule has 1 N–H and O–H groups in total. The van der Waals surface area contributed by atoms with E-state index in [1.807, 2.05) is 0 Å². The third-order valence-electron chi connectivity index (χ3n) is 4.03. The fourth-order valence-electron chi connectivity index (χ4n) is 2.80. The lowest BCUT2D eigenvalue weighted by Gasteiger charge is -2.28. The molecule has 2 nitrogen and oxygen atoms in total. The van der Waals surface area contributed by atoms with Gasteiger partial charge in [-0.05, 0) is 37.1 Å². The zero-order valence-electron chi connectivity index (χ0n) is 9.95. The molecule has 86 valence electrons. The lowest BCUT2D eigenvalue weighted by atomic mass is 9.89. The van der Waals surface area contributed by atoms with E-state index in [4.69, 9.17) is 0 Å². The van der Waals surface area contributed by atoms with Gasteiger partial charge in [-0.2, -0.15) is 0 Å². The summed E-state index contributed by atoms with van der Waals surface area (Å²) in [7, 11) is 2.22. The summed E-state index contributed by atoms with van der Waals surface area (Å²) < 4.78 is 0. The number of hydrogen-bond acceptors (Lipinski definition) is 2. The van der Waals surface area contributed by atoms with E-state index in [0.29, 0.717) is 0 Å². The second-order valence-electron chi connectivity index (χ2n) is 5.27. The van der Waals surface area contributed by atoms with Crippen LogP contribution in [0.1, 0.15) is 29.4 Å². The van der Waals surface area contributed by atoms with Gasteiger partial charge >= 0.3 is 0 Å². The van der Waals surface area contributed by atoms with E-state index in [1.165, 1.54) is 25.1 Å². The van der Waals surface area contributed by atoms with Gasteiger partial charge in [0.05, 0.1) is 0 Å². The lowest BCUT2D eigenvalue weighted by Crippen LogP contribution is -2.39. The molecule has 2 aliphatic heterocycles. The van der Waals surface area contributed by atoms with Crippen LogP contribution < -0.4 is 5.32 Å². The van der Waals surface area contributed by atoms with Crippen LogP contribution in [0.25, 0.3) is 0 Å². The van der Waals surface area contributed by atoms with Gasteiger partial charge in [-0.25, -0.2) is 0 Å². The van der Waals surface area contributed by atoms with Crippen LogP contribution in [0, 0.1) is 0 Å². The summed E-state index contributed by atoms with van der Waals surface area (Å²) in [5.74, 6) is 1.53. The maximum atomic E-state index is 3.35. The van der Waals surface area contributed by atoms with Crippen LogP contribution in [0.3, 0.4) is 0 Å². The fourth-order valence-corrected chi connectivity index (χ4v) is 2.80. The summed E-state index contributed by atoms with van der Waals surface area (Å²) in [4.78, 5) is 2.43. The number of rotatable bonds is 2. The molecular formula is C14H20N2. The molecule has 2 saturated heterocycles. The molecule has 0 spiro atoms. The monoisotopic (exact) mass is 216 g/mol. The number of benzene rings is 1. The van der Waals surface area contributed by atoms with Gasteiger partial charge in [-0.3, -0.25) is 0 Å². The van der Waals surface area contributed by atoms with E-state index in [2.05, 4.69) is 41.5 Å². The van der Waals surface area contributed by atoms with Crippen LogP contribution in [-0.2, 0) is 0 Å². The second-order valence-corrected chi connectivity index (χ2v) is 5.27. The highest BCUT2D eigenvalue weighted by atomic mass is 15.1. The standard InChI is InChI=1S/C14H20N2/c1-16-6-5-13(10-16)11-3-2-4-12(7-11)14-8-15-9-14/h2-4,7,13-15H,5-6,8-10H2,1H3. The van der Waals surface area contributed by atoms with Crippen molar-refractivity contribution in [3.05, 3.63) is 35.4 Å². The molecule has 2 aliphatic rings. The topological polar surface area (TPSA) is 15.3 Å². The highest BCUT2D eigenvalue weighted by Crippen LogP contribution is 2.29. The second kappa shape index (κ2) is 4.19. The molecule has 0 bridgehead atoms. The molecule has 2 heterocycles. The first-order chi connectivity index (χ1) is 7.83. The molecule has 0 aliphatic carbocycles. The van der Waals surface area contributed by atoms with E-state index in [9.17, 15) is 0 Å². The van der Waals surface area contributed by atoms with E-state index in [-0.39, 0.29) is 0 Å². The zero-order chi connectivity index (χ0) is 11.0. The minimum absolute atomic E-state index is 0.762. The first-order valence-corrected chi connectivity index (χ1v) is 6.32. The van der Waals surface area contributed by atoms with Crippen molar-refractivity contribution >= 4 is 0 Å². The van der Waals surface area contributed by atoms with Gasteiger partial charge in [0.25, 0.3) is 0 Å². The highest BCUT2D eigenvalue weighted by Gasteiger charge is 2.23. The van der Waals surface area contributed by atoms with Crippen molar-refractivity contribution in [3.8, 4) is 0 Å². The summed E-state index contributed by atoms with van der Waals surface area (Å²) in [6.07, 6.45) is 1.32. The average Bonchev–Trinajstić information content (AvgIpc) is 2.63. The Kier molecular flexibility index (Phi) is 2.70. The number of nitrogens with zero attached hydrogens (tertiary/aromatic N) is 1. The predicted molar refractivity (Wildman–Crippen MR) is 66.9 cm³/mol. The minimum Gasteiger partial charge on any atom is -0.315 e. The molecule has 1 unspecified atom stereocenters. The van der Waals surface area contributed by atoms with Crippen LogP contribution in [-0.4, -0.2) is 38.1 Å². The Labute approximate surface area is 97.6 Å². The Morgan fingerprint density at radius 1 is 1.19 bits per heavy atom. The summed E-state index contributed by atoms with van der Waals surface area (Å²) in [6.45, 7) is 4.80. The summed E-state index contributed by atoms with van der Waals surface area (Å²) >= 11 is 0. The molecule has 0 radical (unpaired) electrons. The molecule has 0 amide bonds. The van der Waals surface area contributed by atoms with Crippen LogP contribution in [0.4, 0.5) is 0 Å². The van der Waals surface area contributed by atoms with Gasteiger partial charge < -0.3 is 10.2 Å². The maximum absolute atomic E-state index is 3.35.